The van der Waals surface area contributed by atoms with Crippen molar-refractivity contribution in [2.24, 2.45) is 0 Å². The molecule has 0 spiro atoms. The van der Waals surface area contributed by atoms with Crippen LogP contribution in [0.15, 0.2) is 0 Å². The predicted molar refractivity (Wildman–Crippen MR) is 66.6 cm³/mol. The summed E-state index contributed by atoms with van der Waals surface area (Å²) in [6.07, 6.45) is 6.92. The minimum atomic E-state index is -0.488. The van der Waals surface area contributed by atoms with E-state index in [9.17, 15) is 5.11 Å². The van der Waals surface area contributed by atoms with Gasteiger partial charge in [0.25, 0.3) is 0 Å². The lowest BCUT2D eigenvalue weighted by molar-refractivity contribution is 0.0142. The first kappa shape index (κ1) is 13.9. The highest BCUT2D eigenvalue weighted by molar-refractivity contribution is 4.85. The summed E-state index contributed by atoms with van der Waals surface area (Å²) in [7, 11) is 1.73. The lowest BCUT2D eigenvalue weighted by Gasteiger charge is -2.30. The second kappa shape index (κ2) is 6.58. The van der Waals surface area contributed by atoms with Crippen LogP contribution < -0.4 is 5.32 Å². The van der Waals surface area contributed by atoms with Gasteiger partial charge in [-0.2, -0.15) is 0 Å². The van der Waals surface area contributed by atoms with Crippen molar-refractivity contribution in [1.82, 2.24) is 5.32 Å². The molecule has 0 amide bonds. The molecule has 3 nitrogen and oxygen atoms in total. The quantitative estimate of drug-likeness (QED) is 0.709. The summed E-state index contributed by atoms with van der Waals surface area (Å²) in [4.78, 5) is 0. The Bertz CT molecular complexity index is 188. The fraction of sp³-hybridized carbons (Fsp3) is 1.00. The third-order valence-electron chi connectivity index (χ3n) is 3.86. The number of nitrogens with one attached hydrogen (secondary N) is 1. The smallest absolute Gasteiger partial charge is 0.0771 e. The van der Waals surface area contributed by atoms with Gasteiger partial charge in [0.15, 0.2) is 0 Å². The van der Waals surface area contributed by atoms with E-state index in [0.29, 0.717) is 6.54 Å². The van der Waals surface area contributed by atoms with Crippen molar-refractivity contribution in [2.75, 3.05) is 13.7 Å². The van der Waals surface area contributed by atoms with Gasteiger partial charge in [-0.05, 0) is 26.7 Å². The van der Waals surface area contributed by atoms with Crippen LogP contribution >= 0.6 is 0 Å². The van der Waals surface area contributed by atoms with Gasteiger partial charge >= 0.3 is 0 Å². The molecular weight excluding hydrogens is 202 g/mol. The summed E-state index contributed by atoms with van der Waals surface area (Å²) in [6.45, 7) is 4.85. The Morgan fingerprint density at radius 2 is 1.75 bits per heavy atom. The van der Waals surface area contributed by atoms with Crippen molar-refractivity contribution < 1.29 is 9.84 Å². The number of hydrogen-bond acceptors (Lipinski definition) is 3. The van der Waals surface area contributed by atoms with Gasteiger partial charge in [-0.3, -0.25) is 0 Å². The van der Waals surface area contributed by atoms with Crippen LogP contribution in [0, 0.1) is 0 Å². The fourth-order valence-corrected chi connectivity index (χ4v) is 2.28. The van der Waals surface area contributed by atoms with E-state index in [2.05, 4.69) is 19.2 Å². The van der Waals surface area contributed by atoms with Crippen molar-refractivity contribution in [1.29, 1.82) is 0 Å². The molecule has 0 aromatic rings. The number of hydrogen-bond donors (Lipinski definition) is 2. The first-order chi connectivity index (χ1) is 7.57. The van der Waals surface area contributed by atoms with E-state index in [0.717, 1.165) is 25.7 Å². The largest absolute Gasteiger partial charge is 0.389 e. The highest BCUT2D eigenvalue weighted by Crippen LogP contribution is 2.26. The molecule has 1 aliphatic carbocycles. The van der Waals surface area contributed by atoms with Gasteiger partial charge in [0, 0.05) is 19.7 Å². The van der Waals surface area contributed by atoms with Crippen LogP contribution in [-0.4, -0.2) is 36.5 Å². The normalized spacial score (nSPS) is 24.8. The summed E-state index contributed by atoms with van der Waals surface area (Å²) >= 11 is 0. The van der Waals surface area contributed by atoms with Gasteiger partial charge in [-0.1, -0.05) is 25.7 Å². The summed E-state index contributed by atoms with van der Waals surface area (Å²) in [5.41, 5.74) is -0.488. The standard InChI is InChI=1S/C13H27NO2/c1-11(12(2)16-3)14-10-13(15)8-6-4-5-7-9-13/h11-12,14-15H,4-10H2,1-3H3. The average molecular weight is 229 g/mol. The lowest BCUT2D eigenvalue weighted by Crippen LogP contribution is -2.46. The van der Waals surface area contributed by atoms with Gasteiger partial charge in [0.05, 0.1) is 11.7 Å². The molecule has 3 heteroatoms. The number of ether oxygens (including phenoxy) is 1. The molecule has 0 saturated heterocycles. The maximum absolute atomic E-state index is 10.5. The molecule has 1 rings (SSSR count). The third kappa shape index (κ3) is 4.40. The van der Waals surface area contributed by atoms with E-state index in [1.807, 2.05) is 0 Å². The van der Waals surface area contributed by atoms with Crippen LogP contribution in [0.4, 0.5) is 0 Å². The van der Waals surface area contributed by atoms with Crippen LogP contribution in [0.2, 0.25) is 0 Å². The van der Waals surface area contributed by atoms with E-state index in [1.165, 1.54) is 12.8 Å². The molecule has 1 fully saturated rings. The second-order valence-electron chi connectivity index (χ2n) is 5.25. The van der Waals surface area contributed by atoms with Crippen LogP contribution in [-0.2, 0) is 4.74 Å². The Hall–Kier alpha value is -0.120. The Balaban J connectivity index is 2.34. The molecule has 0 bridgehead atoms. The Labute approximate surface area is 99.6 Å². The van der Waals surface area contributed by atoms with E-state index in [1.54, 1.807) is 7.11 Å². The van der Waals surface area contributed by atoms with Crippen molar-refractivity contribution in [3.8, 4) is 0 Å². The summed E-state index contributed by atoms with van der Waals surface area (Å²) in [5.74, 6) is 0. The predicted octanol–water partition coefficient (Wildman–Crippen LogP) is 2.08. The lowest BCUT2D eigenvalue weighted by atomic mass is 9.94. The molecule has 0 aromatic carbocycles. The molecule has 0 aromatic heterocycles. The zero-order valence-corrected chi connectivity index (χ0v) is 11.0. The molecule has 96 valence electrons. The topological polar surface area (TPSA) is 41.5 Å². The molecule has 16 heavy (non-hydrogen) atoms. The van der Waals surface area contributed by atoms with Crippen molar-refractivity contribution in [3.05, 3.63) is 0 Å². The fourth-order valence-electron chi connectivity index (χ4n) is 2.28. The molecule has 0 radical (unpaired) electrons. The first-order valence-corrected chi connectivity index (χ1v) is 6.56. The number of aliphatic hydroxyl groups is 1. The monoisotopic (exact) mass is 229 g/mol. The van der Waals surface area contributed by atoms with Crippen LogP contribution in [0.1, 0.15) is 52.4 Å². The van der Waals surface area contributed by atoms with E-state index in [-0.39, 0.29) is 12.1 Å². The first-order valence-electron chi connectivity index (χ1n) is 6.56. The van der Waals surface area contributed by atoms with E-state index < -0.39 is 5.60 Å². The highest BCUT2D eigenvalue weighted by Gasteiger charge is 2.28. The molecule has 2 N–H and O–H groups in total. The molecule has 2 atom stereocenters. The Kier molecular flexibility index (Phi) is 5.73. The number of rotatable bonds is 5. The van der Waals surface area contributed by atoms with Crippen LogP contribution in [0.25, 0.3) is 0 Å². The van der Waals surface area contributed by atoms with Crippen molar-refractivity contribution in [3.63, 3.8) is 0 Å². The average Bonchev–Trinajstić information content (AvgIpc) is 2.50. The van der Waals surface area contributed by atoms with E-state index >= 15 is 0 Å². The molecule has 0 heterocycles. The molecular formula is C13H27NO2. The highest BCUT2D eigenvalue weighted by atomic mass is 16.5. The minimum absolute atomic E-state index is 0.189. The van der Waals surface area contributed by atoms with Gasteiger partial charge in [0.1, 0.15) is 0 Å². The summed E-state index contributed by atoms with van der Waals surface area (Å²) in [6, 6.07) is 0.289. The molecule has 0 aliphatic heterocycles. The van der Waals surface area contributed by atoms with Crippen molar-refractivity contribution in [2.45, 2.75) is 70.1 Å². The number of methoxy groups -OCH3 is 1. The van der Waals surface area contributed by atoms with Gasteiger partial charge in [-0.25, -0.2) is 0 Å². The summed E-state index contributed by atoms with van der Waals surface area (Å²) < 4.78 is 5.27. The zero-order valence-electron chi connectivity index (χ0n) is 11.0. The van der Waals surface area contributed by atoms with Gasteiger partial charge in [-0.15, -0.1) is 0 Å². The molecule has 1 saturated carbocycles. The van der Waals surface area contributed by atoms with E-state index in [4.69, 9.17) is 4.74 Å². The maximum Gasteiger partial charge on any atom is 0.0771 e. The van der Waals surface area contributed by atoms with Crippen LogP contribution in [0.5, 0.6) is 0 Å². The summed E-state index contributed by atoms with van der Waals surface area (Å²) in [5, 5.41) is 13.8. The molecule has 1 aliphatic rings. The Morgan fingerprint density at radius 1 is 1.19 bits per heavy atom. The minimum Gasteiger partial charge on any atom is -0.389 e. The van der Waals surface area contributed by atoms with Gasteiger partial charge in [0.2, 0.25) is 0 Å². The van der Waals surface area contributed by atoms with Crippen molar-refractivity contribution >= 4 is 0 Å². The third-order valence-corrected chi connectivity index (χ3v) is 3.86. The SMILES string of the molecule is COC(C)C(C)NCC1(O)CCCCCC1. The molecule has 2 unspecified atom stereocenters. The second-order valence-corrected chi connectivity index (χ2v) is 5.25. The van der Waals surface area contributed by atoms with Crippen LogP contribution in [0.3, 0.4) is 0 Å². The zero-order chi connectivity index (χ0) is 12.0. The van der Waals surface area contributed by atoms with Gasteiger partial charge < -0.3 is 15.2 Å². The maximum atomic E-state index is 10.5. The Morgan fingerprint density at radius 3 is 2.25 bits per heavy atom.